The van der Waals surface area contributed by atoms with Gasteiger partial charge in [0, 0.05) is 16.9 Å². The maximum atomic E-state index is 14.7. The van der Waals surface area contributed by atoms with Crippen LogP contribution in [-0.4, -0.2) is 9.97 Å². The van der Waals surface area contributed by atoms with E-state index in [9.17, 15) is 8.78 Å². The number of benzene rings is 1. The Morgan fingerprint density at radius 2 is 1.48 bits per heavy atom. The van der Waals surface area contributed by atoms with Gasteiger partial charge in [0.1, 0.15) is 17.2 Å². The highest BCUT2D eigenvalue weighted by Gasteiger charge is 2.22. The minimum absolute atomic E-state index is 0.0803. The Labute approximate surface area is 124 Å². The van der Waals surface area contributed by atoms with Crippen LogP contribution in [0.1, 0.15) is 76.4 Å². The second-order valence-electron chi connectivity index (χ2n) is 6.41. The summed E-state index contributed by atoms with van der Waals surface area (Å²) in [5.74, 6) is -0.514. The van der Waals surface area contributed by atoms with Crippen LogP contribution >= 0.6 is 0 Å². The molecule has 0 bridgehead atoms. The van der Waals surface area contributed by atoms with Gasteiger partial charge in [0.05, 0.1) is 5.69 Å². The van der Waals surface area contributed by atoms with Gasteiger partial charge in [-0.2, -0.15) is 0 Å². The van der Waals surface area contributed by atoms with Gasteiger partial charge >= 0.3 is 0 Å². The Morgan fingerprint density at radius 3 is 1.95 bits per heavy atom. The molecule has 2 aromatic rings. The molecule has 0 saturated carbocycles. The van der Waals surface area contributed by atoms with E-state index >= 15 is 0 Å². The molecule has 0 amide bonds. The van der Waals surface area contributed by atoms with Crippen LogP contribution in [0.25, 0.3) is 10.9 Å². The zero-order valence-electron chi connectivity index (χ0n) is 13.5. The summed E-state index contributed by atoms with van der Waals surface area (Å²) < 4.78 is 29.0. The number of hydrogen-bond acceptors (Lipinski definition) is 2. The average Bonchev–Trinajstić information content (AvgIpc) is 2.36. The number of aromatic nitrogens is 2. The summed E-state index contributed by atoms with van der Waals surface area (Å²) in [6, 6.07) is 1.38. The lowest BCUT2D eigenvalue weighted by Crippen LogP contribution is -2.08. The summed E-state index contributed by atoms with van der Waals surface area (Å²) in [5, 5.41) is 0.480. The lowest BCUT2D eigenvalue weighted by atomic mass is 9.96. The second-order valence-corrected chi connectivity index (χ2v) is 6.41. The molecule has 0 aliphatic rings. The summed E-state index contributed by atoms with van der Waals surface area (Å²) in [5.41, 5.74) is 1.05. The first-order valence-corrected chi connectivity index (χ1v) is 7.43. The van der Waals surface area contributed by atoms with E-state index in [1.165, 1.54) is 6.07 Å². The maximum Gasteiger partial charge on any atom is 0.155 e. The Morgan fingerprint density at radius 1 is 0.857 bits per heavy atom. The Kier molecular flexibility index (Phi) is 4.26. The van der Waals surface area contributed by atoms with Crippen LogP contribution in [0.2, 0.25) is 0 Å². The van der Waals surface area contributed by atoms with Gasteiger partial charge in [0.25, 0.3) is 0 Å². The first kappa shape index (κ1) is 15.8. The molecule has 4 heteroatoms. The molecule has 0 aliphatic heterocycles. The smallest absolute Gasteiger partial charge is 0.155 e. The SMILES string of the molecule is CC(C)c1nc(C(C)C)c2cc(F)c(C(C)C)c(F)c2n1. The monoisotopic (exact) mass is 292 g/mol. The van der Waals surface area contributed by atoms with E-state index in [1.807, 2.05) is 27.7 Å². The molecule has 1 aromatic carbocycles. The molecule has 0 N–H and O–H groups in total. The van der Waals surface area contributed by atoms with Crippen molar-refractivity contribution >= 4 is 10.9 Å². The molecule has 0 spiro atoms. The highest BCUT2D eigenvalue weighted by molar-refractivity contribution is 5.83. The molecule has 1 aromatic heterocycles. The van der Waals surface area contributed by atoms with Crippen molar-refractivity contribution in [1.82, 2.24) is 9.97 Å². The van der Waals surface area contributed by atoms with Gasteiger partial charge in [-0.1, -0.05) is 41.5 Å². The van der Waals surface area contributed by atoms with Crippen LogP contribution in [-0.2, 0) is 0 Å². The number of nitrogens with zero attached hydrogens (tertiary/aromatic N) is 2. The Balaban J connectivity index is 2.91. The van der Waals surface area contributed by atoms with Crippen molar-refractivity contribution in [2.24, 2.45) is 0 Å². The van der Waals surface area contributed by atoms with Crippen LogP contribution in [0.15, 0.2) is 6.07 Å². The topological polar surface area (TPSA) is 25.8 Å². The van der Waals surface area contributed by atoms with Crippen LogP contribution < -0.4 is 0 Å². The molecule has 2 nitrogen and oxygen atoms in total. The molecule has 0 aliphatic carbocycles. The van der Waals surface area contributed by atoms with E-state index in [4.69, 9.17) is 0 Å². The van der Waals surface area contributed by atoms with Crippen molar-refractivity contribution in [2.45, 2.75) is 59.3 Å². The fourth-order valence-electron chi connectivity index (χ4n) is 2.48. The maximum absolute atomic E-state index is 14.7. The predicted octanol–water partition coefficient (Wildman–Crippen LogP) is 5.28. The van der Waals surface area contributed by atoms with E-state index in [1.54, 1.807) is 13.8 Å². The third-order valence-corrected chi connectivity index (χ3v) is 3.61. The number of halogens is 2. The summed E-state index contributed by atoms with van der Waals surface area (Å²) in [6.07, 6.45) is 0. The van der Waals surface area contributed by atoms with Crippen LogP contribution in [0.3, 0.4) is 0 Å². The Hall–Kier alpha value is -1.58. The van der Waals surface area contributed by atoms with Crippen LogP contribution in [0.5, 0.6) is 0 Å². The van der Waals surface area contributed by atoms with Crippen molar-refractivity contribution in [3.05, 3.63) is 34.8 Å². The van der Waals surface area contributed by atoms with Crippen LogP contribution in [0.4, 0.5) is 8.78 Å². The van der Waals surface area contributed by atoms with Gasteiger partial charge in [-0.05, 0) is 17.9 Å². The summed E-state index contributed by atoms with van der Waals surface area (Å²) >= 11 is 0. The highest BCUT2D eigenvalue weighted by Crippen LogP contribution is 2.32. The lowest BCUT2D eigenvalue weighted by molar-refractivity contribution is 0.547. The summed E-state index contributed by atoms with van der Waals surface area (Å²) in [4.78, 5) is 8.86. The molecule has 0 unspecified atom stereocenters. The minimum atomic E-state index is -0.550. The lowest BCUT2D eigenvalue weighted by Gasteiger charge is -2.16. The summed E-state index contributed by atoms with van der Waals surface area (Å²) in [7, 11) is 0. The van der Waals surface area contributed by atoms with Gasteiger partial charge in [-0.3, -0.25) is 0 Å². The van der Waals surface area contributed by atoms with Gasteiger partial charge < -0.3 is 0 Å². The van der Waals surface area contributed by atoms with E-state index in [-0.39, 0.29) is 28.8 Å². The van der Waals surface area contributed by atoms with Crippen molar-refractivity contribution in [3.63, 3.8) is 0 Å². The largest absolute Gasteiger partial charge is 0.237 e. The zero-order chi connectivity index (χ0) is 15.9. The summed E-state index contributed by atoms with van der Waals surface area (Å²) in [6.45, 7) is 11.4. The first-order valence-electron chi connectivity index (χ1n) is 7.43. The Bertz CT molecular complexity index is 676. The van der Waals surface area contributed by atoms with E-state index in [2.05, 4.69) is 9.97 Å². The quantitative estimate of drug-likeness (QED) is 0.769. The van der Waals surface area contributed by atoms with E-state index in [0.29, 0.717) is 16.9 Å². The molecule has 0 fully saturated rings. The van der Waals surface area contributed by atoms with Crippen molar-refractivity contribution in [2.75, 3.05) is 0 Å². The van der Waals surface area contributed by atoms with Crippen molar-refractivity contribution in [1.29, 1.82) is 0 Å². The van der Waals surface area contributed by atoms with Crippen LogP contribution in [0, 0.1) is 11.6 Å². The molecular formula is C17H22F2N2. The predicted molar refractivity (Wildman–Crippen MR) is 81.7 cm³/mol. The van der Waals surface area contributed by atoms with Gasteiger partial charge in [0.2, 0.25) is 0 Å². The standard InChI is InChI=1S/C17H22F2N2/c1-8(2)13-12(18)7-11-15(9(3)4)20-17(10(5)6)21-16(11)14(13)19/h7-10H,1-6H3. The molecular weight excluding hydrogens is 270 g/mol. The number of hydrogen-bond donors (Lipinski definition) is 0. The fourth-order valence-corrected chi connectivity index (χ4v) is 2.48. The second kappa shape index (κ2) is 5.66. The highest BCUT2D eigenvalue weighted by atomic mass is 19.1. The van der Waals surface area contributed by atoms with Gasteiger partial charge in [-0.15, -0.1) is 0 Å². The van der Waals surface area contributed by atoms with Gasteiger partial charge in [-0.25, -0.2) is 18.7 Å². The molecule has 21 heavy (non-hydrogen) atoms. The minimum Gasteiger partial charge on any atom is -0.237 e. The molecule has 114 valence electrons. The molecule has 1 heterocycles. The normalized spacial score (nSPS) is 12.1. The first-order chi connectivity index (χ1) is 9.73. The molecule has 0 saturated heterocycles. The van der Waals surface area contributed by atoms with E-state index < -0.39 is 11.6 Å². The molecule has 0 radical (unpaired) electrons. The number of fused-ring (bicyclic) bond motifs is 1. The van der Waals surface area contributed by atoms with Gasteiger partial charge in [0.15, 0.2) is 5.82 Å². The molecule has 0 atom stereocenters. The van der Waals surface area contributed by atoms with E-state index in [0.717, 1.165) is 0 Å². The zero-order valence-corrected chi connectivity index (χ0v) is 13.5. The average molecular weight is 292 g/mol. The molecule has 2 rings (SSSR count). The third kappa shape index (κ3) is 2.76. The van der Waals surface area contributed by atoms with Crippen molar-refractivity contribution in [3.8, 4) is 0 Å². The third-order valence-electron chi connectivity index (χ3n) is 3.61. The van der Waals surface area contributed by atoms with Crippen molar-refractivity contribution < 1.29 is 8.78 Å². The number of rotatable bonds is 3. The fraction of sp³-hybridized carbons (Fsp3) is 0.529.